The van der Waals surface area contributed by atoms with E-state index in [-0.39, 0.29) is 11.9 Å². The molecule has 0 saturated heterocycles. The second-order valence-corrected chi connectivity index (χ2v) is 5.67. The van der Waals surface area contributed by atoms with E-state index in [2.05, 4.69) is 17.2 Å². The van der Waals surface area contributed by atoms with Gasteiger partial charge >= 0.3 is 0 Å². The van der Waals surface area contributed by atoms with Gasteiger partial charge in [0, 0.05) is 6.20 Å². The van der Waals surface area contributed by atoms with Crippen LogP contribution >= 0.6 is 23.2 Å². The lowest BCUT2D eigenvalue weighted by molar-refractivity contribution is 0.503. The molecule has 0 aliphatic carbocycles. The maximum Gasteiger partial charge on any atom is 0.126 e. The molecule has 0 spiro atoms. The third-order valence-electron chi connectivity index (χ3n) is 3.19. The highest BCUT2D eigenvalue weighted by molar-refractivity contribution is 6.34. The Labute approximate surface area is 134 Å². The molecule has 0 aliphatic rings. The van der Waals surface area contributed by atoms with Gasteiger partial charge in [0.15, 0.2) is 0 Å². The highest BCUT2D eigenvalue weighted by atomic mass is 35.5. The molecule has 21 heavy (non-hydrogen) atoms. The first-order valence-electron chi connectivity index (χ1n) is 6.89. The molecule has 112 valence electrons. The van der Waals surface area contributed by atoms with E-state index in [1.807, 2.05) is 6.07 Å². The number of benzene rings is 1. The van der Waals surface area contributed by atoms with Crippen LogP contribution in [-0.4, -0.2) is 11.5 Å². The third kappa shape index (κ3) is 4.40. The predicted molar refractivity (Wildman–Crippen MR) is 85.4 cm³/mol. The molecule has 1 heterocycles. The van der Waals surface area contributed by atoms with Crippen LogP contribution in [0.5, 0.6) is 0 Å². The standard InChI is InChI=1S/C16H17Cl2FN2/c1-2-7-20-15(8-11-5-3-4-6-14(11)19)16-13(18)9-12(17)10-21-16/h3-6,9-10,15,20H,2,7-8H2,1H3. The second-order valence-electron chi connectivity index (χ2n) is 4.82. The van der Waals surface area contributed by atoms with E-state index in [4.69, 9.17) is 23.2 Å². The summed E-state index contributed by atoms with van der Waals surface area (Å²) in [5.41, 5.74) is 1.33. The molecule has 0 radical (unpaired) electrons. The van der Waals surface area contributed by atoms with Gasteiger partial charge in [0.2, 0.25) is 0 Å². The zero-order valence-electron chi connectivity index (χ0n) is 11.7. The van der Waals surface area contributed by atoms with E-state index in [0.717, 1.165) is 13.0 Å². The van der Waals surface area contributed by atoms with Crippen LogP contribution in [0.4, 0.5) is 4.39 Å². The van der Waals surface area contributed by atoms with Gasteiger partial charge in [-0.3, -0.25) is 4.98 Å². The average Bonchev–Trinajstić information content (AvgIpc) is 2.46. The van der Waals surface area contributed by atoms with Gasteiger partial charge in [-0.15, -0.1) is 0 Å². The van der Waals surface area contributed by atoms with E-state index in [9.17, 15) is 4.39 Å². The third-order valence-corrected chi connectivity index (χ3v) is 3.70. The van der Waals surface area contributed by atoms with Crippen molar-refractivity contribution in [2.24, 2.45) is 0 Å². The molecular formula is C16H17Cl2FN2. The van der Waals surface area contributed by atoms with Gasteiger partial charge in [-0.05, 0) is 37.1 Å². The monoisotopic (exact) mass is 326 g/mol. The summed E-state index contributed by atoms with van der Waals surface area (Å²) in [5.74, 6) is -0.217. The summed E-state index contributed by atoms with van der Waals surface area (Å²) in [4.78, 5) is 4.31. The molecule has 0 bridgehead atoms. The van der Waals surface area contributed by atoms with Crippen molar-refractivity contribution >= 4 is 23.2 Å². The molecule has 1 unspecified atom stereocenters. The molecule has 2 rings (SSSR count). The van der Waals surface area contributed by atoms with Crippen molar-refractivity contribution in [3.8, 4) is 0 Å². The minimum atomic E-state index is -0.217. The van der Waals surface area contributed by atoms with Gasteiger partial charge < -0.3 is 5.32 Å². The van der Waals surface area contributed by atoms with E-state index in [1.165, 1.54) is 6.07 Å². The van der Waals surface area contributed by atoms with Crippen molar-refractivity contribution in [1.29, 1.82) is 0 Å². The molecule has 5 heteroatoms. The first kappa shape index (κ1) is 16.2. The maximum atomic E-state index is 13.9. The van der Waals surface area contributed by atoms with Crippen LogP contribution in [0, 0.1) is 5.82 Å². The quantitative estimate of drug-likeness (QED) is 0.823. The molecule has 2 nitrogen and oxygen atoms in total. The predicted octanol–water partition coefficient (Wildman–Crippen LogP) is 4.81. The van der Waals surface area contributed by atoms with E-state index >= 15 is 0 Å². The fourth-order valence-electron chi connectivity index (χ4n) is 2.15. The number of halogens is 3. The van der Waals surface area contributed by atoms with Crippen LogP contribution < -0.4 is 5.32 Å². The number of pyridine rings is 1. The molecule has 0 fully saturated rings. The molecule has 0 aliphatic heterocycles. The van der Waals surface area contributed by atoms with Crippen molar-refractivity contribution in [3.63, 3.8) is 0 Å². The summed E-state index contributed by atoms with van der Waals surface area (Å²) in [5, 5.41) is 4.35. The Morgan fingerprint density at radius 1 is 1.29 bits per heavy atom. The normalized spacial score (nSPS) is 12.4. The van der Waals surface area contributed by atoms with Gasteiger partial charge in [-0.2, -0.15) is 0 Å². The second kappa shape index (κ2) is 7.74. The lowest BCUT2D eigenvalue weighted by Crippen LogP contribution is -2.25. The van der Waals surface area contributed by atoms with Gasteiger partial charge in [0.25, 0.3) is 0 Å². The van der Waals surface area contributed by atoms with Crippen LogP contribution in [0.15, 0.2) is 36.5 Å². The van der Waals surface area contributed by atoms with Crippen molar-refractivity contribution in [1.82, 2.24) is 10.3 Å². The van der Waals surface area contributed by atoms with Gasteiger partial charge in [0.1, 0.15) is 5.82 Å². The van der Waals surface area contributed by atoms with Crippen LogP contribution in [0.1, 0.15) is 30.6 Å². The number of hydrogen-bond acceptors (Lipinski definition) is 2. The zero-order valence-corrected chi connectivity index (χ0v) is 13.3. The summed E-state index contributed by atoms with van der Waals surface area (Å²) in [6.07, 6.45) is 3.02. The number of rotatable bonds is 6. The van der Waals surface area contributed by atoms with Crippen LogP contribution in [0.25, 0.3) is 0 Å². The topological polar surface area (TPSA) is 24.9 Å². The Balaban J connectivity index is 2.27. The number of hydrogen-bond donors (Lipinski definition) is 1. The molecule has 0 saturated carbocycles. The van der Waals surface area contributed by atoms with Crippen molar-refractivity contribution in [2.45, 2.75) is 25.8 Å². The minimum Gasteiger partial charge on any atom is -0.308 e. The van der Waals surface area contributed by atoms with E-state index in [1.54, 1.807) is 24.4 Å². The van der Waals surface area contributed by atoms with Crippen molar-refractivity contribution in [3.05, 3.63) is 63.6 Å². The van der Waals surface area contributed by atoms with Gasteiger partial charge in [-0.1, -0.05) is 48.3 Å². The Hall–Kier alpha value is -1.16. The molecule has 1 aromatic heterocycles. The summed E-state index contributed by atoms with van der Waals surface area (Å²) in [7, 11) is 0. The highest BCUT2D eigenvalue weighted by Crippen LogP contribution is 2.27. The summed E-state index contributed by atoms with van der Waals surface area (Å²) < 4.78 is 13.9. The Morgan fingerprint density at radius 2 is 2.05 bits per heavy atom. The van der Waals surface area contributed by atoms with E-state index in [0.29, 0.717) is 27.7 Å². The Kier molecular flexibility index (Phi) is 5.97. The van der Waals surface area contributed by atoms with Crippen LogP contribution in [-0.2, 0) is 6.42 Å². The molecule has 1 N–H and O–H groups in total. The fraction of sp³-hybridized carbons (Fsp3) is 0.312. The zero-order chi connectivity index (χ0) is 15.2. The number of aromatic nitrogens is 1. The molecular weight excluding hydrogens is 310 g/mol. The van der Waals surface area contributed by atoms with Gasteiger partial charge in [-0.25, -0.2) is 4.39 Å². The SMILES string of the molecule is CCCNC(Cc1ccccc1F)c1ncc(Cl)cc1Cl. The lowest BCUT2D eigenvalue weighted by atomic mass is 10.0. The average molecular weight is 327 g/mol. The lowest BCUT2D eigenvalue weighted by Gasteiger charge is -2.19. The fourth-order valence-corrected chi connectivity index (χ4v) is 2.66. The molecule has 0 amide bonds. The van der Waals surface area contributed by atoms with E-state index < -0.39 is 0 Å². The minimum absolute atomic E-state index is 0.147. The number of nitrogens with zero attached hydrogens (tertiary/aromatic N) is 1. The Morgan fingerprint density at radius 3 is 2.71 bits per heavy atom. The highest BCUT2D eigenvalue weighted by Gasteiger charge is 2.18. The first-order valence-corrected chi connectivity index (χ1v) is 7.65. The summed E-state index contributed by atoms with van der Waals surface area (Å²) in [6.45, 7) is 2.88. The first-order chi connectivity index (χ1) is 10.1. The van der Waals surface area contributed by atoms with Crippen LogP contribution in [0.2, 0.25) is 10.0 Å². The summed E-state index contributed by atoms with van der Waals surface area (Å²) >= 11 is 12.1. The summed E-state index contributed by atoms with van der Waals surface area (Å²) in [6, 6.07) is 8.26. The maximum absolute atomic E-state index is 13.9. The van der Waals surface area contributed by atoms with Crippen molar-refractivity contribution < 1.29 is 4.39 Å². The molecule has 2 aromatic rings. The molecule has 1 aromatic carbocycles. The molecule has 1 atom stereocenters. The smallest absolute Gasteiger partial charge is 0.126 e. The van der Waals surface area contributed by atoms with Gasteiger partial charge in [0.05, 0.1) is 21.8 Å². The number of nitrogens with one attached hydrogen (secondary N) is 1. The largest absolute Gasteiger partial charge is 0.308 e. The van der Waals surface area contributed by atoms with Crippen molar-refractivity contribution in [2.75, 3.05) is 6.54 Å². The van der Waals surface area contributed by atoms with Crippen LogP contribution in [0.3, 0.4) is 0 Å². The Bertz CT molecular complexity index is 605.